The molecule has 3 heterocycles. The molecule has 1 aliphatic heterocycles. The summed E-state index contributed by atoms with van der Waals surface area (Å²) >= 11 is 3.57. The summed E-state index contributed by atoms with van der Waals surface area (Å²) in [5.74, 6) is 2.41. The van der Waals surface area contributed by atoms with Gasteiger partial charge in [0.2, 0.25) is 0 Å². The van der Waals surface area contributed by atoms with Crippen LogP contribution in [0.4, 0.5) is 5.69 Å². The number of aromatic nitrogens is 3. The second-order valence-corrected chi connectivity index (χ2v) is 6.54. The Kier molecular flexibility index (Phi) is 4.56. The van der Waals surface area contributed by atoms with Gasteiger partial charge in [-0.05, 0) is 45.8 Å². The lowest BCUT2D eigenvalue weighted by Crippen LogP contribution is -2.02. The zero-order valence-electron chi connectivity index (χ0n) is 13.5. The van der Waals surface area contributed by atoms with E-state index < -0.39 is 0 Å². The van der Waals surface area contributed by atoms with Crippen LogP contribution in [0.25, 0.3) is 5.82 Å². The number of rotatable bonds is 4. The fourth-order valence-electron chi connectivity index (χ4n) is 2.63. The molecule has 25 heavy (non-hydrogen) atoms. The summed E-state index contributed by atoms with van der Waals surface area (Å²) in [6, 6.07) is 8.02. The minimum absolute atomic E-state index is 0.668. The number of ether oxygens (including phenoxy) is 2. The Balaban J connectivity index is 1.46. The molecule has 0 unspecified atom stereocenters. The average Bonchev–Trinajstić information content (AvgIpc) is 3.06. The standard InChI is InChI=1S/C18H17BrN4O2/c19-15-8-13(9-16-18(15)25-7-1-6-24-16)10-21-14-2-3-17(22-11-14)23-5-4-20-12-23/h2-5,8-9,11-12,21H,1,6-7,10H2. The van der Waals surface area contributed by atoms with Crippen LogP contribution < -0.4 is 14.8 Å². The number of imidazole rings is 1. The fraction of sp³-hybridized carbons (Fsp3) is 0.222. The Labute approximate surface area is 154 Å². The third-order valence-corrected chi connectivity index (χ3v) is 4.46. The van der Waals surface area contributed by atoms with Gasteiger partial charge >= 0.3 is 0 Å². The third-order valence-electron chi connectivity index (χ3n) is 3.88. The molecule has 0 fully saturated rings. The van der Waals surface area contributed by atoms with Gasteiger partial charge in [0, 0.05) is 25.4 Å². The zero-order chi connectivity index (χ0) is 17.1. The van der Waals surface area contributed by atoms with E-state index in [1.807, 2.05) is 41.2 Å². The normalized spacial score (nSPS) is 13.3. The summed E-state index contributed by atoms with van der Waals surface area (Å²) in [4.78, 5) is 8.47. The van der Waals surface area contributed by atoms with Gasteiger partial charge in [0.1, 0.15) is 12.1 Å². The van der Waals surface area contributed by atoms with Crippen LogP contribution >= 0.6 is 15.9 Å². The molecule has 0 spiro atoms. The quantitative estimate of drug-likeness (QED) is 0.721. The van der Waals surface area contributed by atoms with Gasteiger partial charge < -0.3 is 14.8 Å². The third kappa shape index (κ3) is 3.61. The van der Waals surface area contributed by atoms with E-state index in [4.69, 9.17) is 9.47 Å². The Morgan fingerprint density at radius 2 is 2.12 bits per heavy atom. The summed E-state index contributed by atoms with van der Waals surface area (Å²) in [6.07, 6.45) is 8.03. The van der Waals surface area contributed by atoms with Gasteiger partial charge in [0.15, 0.2) is 11.5 Å². The van der Waals surface area contributed by atoms with Crippen molar-refractivity contribution < 1.29 is 9.47 Å². The average molecular weight is 401 g/mol. The fourth-order valence-corrected chi connectivity index (χ4v) is 3.23. The molecule has 1 aromatic carbocycles. The monoisotopic (exact) mass is 400 g/mol. The Morgan fingerprint density at radius 3 is 2.92 bits per heavy atom. The molecule has 7 heteroatoms. The minimum atomic E-state index is 0.668. The summed E-state index contributed by atoms with van der Waals surface area (Å²) in [7, 11) is 0. The van der Waals surface area contributed by atoms with Crippen molar-refractivity contribution in [3.63, 3.8) is 0 Å². The molecule has 1 aliphatic rings. The lowest BCUT2D eigenvalue weighted by molar-refractivity contribution is 0.296. The number of hydrogen-bond donors (Lipinski definition) is 1. The first-order chi connectivity index (χ1) is 12.3. The number of anilines is 1. The van der Waals surface area contributed by atoms with Gasteiger partial charge in [0.25, 0.3) is 0 Å². The van der Waals surface area contributed by atoms with Crippen molar-refractivity contribution in [3.05, 3.63) is 59.2 Å². The van der Waals surface area contributed by atoms with Crippen LogP contribution in [0.3, 0.4) is 0 Å². The van der Waals surface area contributed by atoms with Crippen LogP contribution in [0.2, 0.25) is 0 Å². The van der Waals surface area contributed by atoms with Crippen molar-refractivity contribution in [1.82, 2.24) is 14.5 Å². The molecule has 1 N–H and O–H groups in total. The molecule has 0 amide bonds. The predicted molar refractivity (Wildman–Crippen MR) is 98.4 cm³/mol. The molecular weight excluding hydrogens is 384 g/mol. The molecule has 128 valence electrons. The number of benzene rings is 1. The highest BCUT2D eigenvalue weighted by atomic mass is 79.9. The number of pyridine rings is 1. The molecule has 3 aromatic rings. The van der Waals surface area contributed by atoms with Crippen LogP contribution in [0.5, 0.6) is 11.5 Å². The molecule has 2 aromatic heterocycles. The summed E-state index contributed by atoms with van der Waals surface area (Å²) in [5.41, 5.74) is 2.06. The van der Waals surface area contributed by atoms with Crippen LogP contribution in [-0.4, -0.2) is 27.7 Å². The minimum Gasteiger partial charge on any atom is -0.490 e. The second kappa shape index (κ2) is 7.14. The maximum atomic E-state index is 5.78. The Bertz CT molecular complexity index is 850. The van der Waals surface area contributed by atoms with E-state index >= 15 is 0 Å². The van der Waals surface area contributed by atoms with E-state index in [-0.39, 0.29) is 0 Å². The second-order valence-electron chi connectivity index (χ2n) is 5.68. The lowest BCUT2D eigenvalue weighted by Gasteiger charge is -2.13. The molecule has 0 radical (unpaired) electrons. The van der Waals surface area contributed by atoms with E-state index in [1.165, 1.54) is 0 Å². The summed E-state index contributed by atoms with van der Waals surface area (Å²) in [5, 5.41) is 3.38. The first-order valence-corrected chi connectivity index (χ1v) is 8.85. The van der Waals surface area contributed by atoms with Gasteiger partial charge in [-0.3, -0.25) is 4.57 Å². The molecule has 0 aliphatic carbocycles. The lowest BCUT2D eigenvalue weighted by atomic mass is 10.2. The summed E-state index contributed by atoms with van der Waals surface area (Å²) < 4.78 is 14.3. The maximum Gasteiger partial charge on any atom is 0.175 e. The van der Waals surface area contributed by atoms with Gasteiger partial charge in [-0.25, -0.2) is 9.97 Å². The van der Waals surface area contributed by atoms with E-state index in [0.717, 1.165) is 39.5 Å². The van der Waals surface area contributed by atoms with E-state index in [1.54, 1.807) is 12.5 Å². The highest BCUT2D eigenvalue weighted by Gasteiger charge is 2.15. The SMILES string of the molecule is Brc1cc(CNc2ccc(-n3ccnc3)nc2)cc2c1OCCCO2. The number of hydrogen-bond acceptors (Lipinski definition) is 5. The van der Waals surface area contributed by atoms with E-state index in [9.17, 15) is 0 Å². The van der Waals surface area contributed by atoms with Crippen molar-refractivity contribution in [2.75, 3.05) is 18.5 Å². The van der Waals surface area contributed by atoms with Gasteiger partial charge in [-0.2, -0.15) is 0 Å². The molecule has 6 nitrogen and oxygen atoms in total. The van der Waals surface area contributed by atoms with Crippen LogP contribution in [0.15, 0.2) is 53.7 Å². The van der Waals surface area contributed by atoms with Crippen LogP contribution in [-0.2, 0) is 6.54 Å². The highest BCUT2D eigenvalue weighted by Crippen LogP contribution is 2.38. The Morgan fingerprint density at radius 1 is 1.20 bits per heavy atom. The van der Waals surface area contributed by atoms with E-state index in [0.29, 0.717) is 19.8 Å². The van der Waals surface area contributed by atoms with E-state index in [2.05, 4.69) is 31.2 Å². The van der Waals surface area contributed by atoms with Crippen LogP contribution in [0.1, 0.15) is 12.0 Å². The molecular formula is C18H17BrN4O2. The van der Waals surface area contributed by atoms with Gasteiger partial charge in [-0.15, -0.1) is 0 Å². The molecule has 0 saturated heterocycles. The number of nitrogens with one attached hydrogen (secondary N) is 1. The maximum absolute atomic E-state index is 5.78. The zero-order valence-corrected chi connectivity index (χ0v) is 15.1. The molecule has 4 rings (SSSR count). The topological polar surface area (TPSA) is 61.2 Å². The molecule has 0 atom stereocenters. The molecule has 0 saturated carbocycles. The van der Waals surface area contributed by atoms with Crippen molar-refractivity contribution in [2.24, 2.45) is 0 Å². The highest BCUT2D eigenvalue weighted by molar-refractivity contribution is 9.10. The van der Waals surface area contributed by atoms with Crippen molar-refractivity contribution >= 4 is 21.6 Å². The van der Waals surface area contributed by atoms with Crippen molar-refractivity contribution in [1.29, 1.82) is 0 Å². The first kappa shape index (κ1) is 16.0. The number of halogens is 1. The number of nitrogens with zero attached hydrogens (tertiary/aromatic N) is 3. The van der Waals surface area contributed by atoms with Crippen molar-refractivity contribution in [3.8, 4) is 17.3 Å². The van der Waals surface area contributed by atoms with Gasteiger partial charge in [0.05, 0.1) is 29.6 Å². The van der Waals surface area contributed by atoms with Gasteiger partial charge in [-0.1, -0.05) is 0 Å². The van der Waals surface area contributed by atoms with Crippen LogP contribution in [0, 0.1) is 0 Å². The smallest absolute Gasteiger partial charge is 0.175 e. The number of fused-ring (bicyclic) bond motifs is 1. The Hall–Kier alpha value is -2.54. The summed E-state index contributed by atoms with van der Waals surface area (Å²) in [6.45, 7) is 2.02. The predicted octanol–water partition coefficient (Wildman–Crippen LogP) is 3.80. The molecule has 0 bridgehead atoms. The first-order valence-electron chi connectivity index (χ1n) is 8.06. The largest absolute Gasteiger partial charge is 0.490 e. The van der Waals surface area contributed by atoms with Crippen molar-refractivity contribution in [2.45, 2.75) is 13.0 Å².